The van der Waals surface area contributed by atoms with Crippen molar-refractivity contribution >= 4 is 43.4 Å². The van der Waals surface area contributed by atoms with Crippen LogP contribution in [0.15, 0.2) is 115 Å². The van der Waals surface area contributed by atoms with E-state index in [9.17, 15) is 0 Å². The number of hydrogen-bond acceptors (Lipinski definition) is 1. The number of hydrogen-bond donors (Lipinski definition) is 0. The van der Waals surface area contributed by atoms with Crippen molar-refractivity contribution in [3.63, 3.8) is 0 Å². The Kier molecular flexibility index (Phi) is 5.03. The van der Waals surface area contributed by atoms with Crippen molar-refractivity contribution in [3.05, 3.63) is 121 Å². The molecule has 0 fully saturated rings. The summed E-state index contributed by atoms with van der Waals surface area (Å²) in [4.78, 5) is 4.81. The largest absolute Gasteiger partial charge is 0.328 e. The summed E-state index contributed by atoms with van der Waals surface area (Å²) in [6, 6.07) is 42.0. The first-order chi connectivity index (χ1) is 16.4. The second-order valence-electron chi connectivity index (χ2n) is 8.38. The van der Waals surface area contributed by atoms with Gasteiger partial charge >= 0.3 is 0 Å². The van der Waals surface area contributed by atoms with Crippen LogP contribution in [0.2, 0.25) is 0 Å². The molecule has 163 valence electrons. The second-order valence-corrected chi connectivity index (χ2v) is 8.38. The molecule has 2 heterocycles. The van der Waals surface area contributed by atoms with Gasteiger partial charge in [-0.15, -0.1) is 23.8 Å². The number of para-hydroxylation sites is 2. The molecule has 0 amide bonds. The van der Waals surface area contributed by atoms with Crippen molar-refractivity contribution in [2.45, 2.75) is 0 Å². The molecule has 2 nitrogen and oxygen atoms in total. The van der Waals surface area contributed by atoms with Gasteiger partial charge in [0, 0.05) is 37.5 Å². The van der Waals surface area contributed by atoms with Crippen LogP contribution in [0.5, 0.6) is 0 Å². The molecule has 0 unspecified atom stereocenters. The predicted molar refractivity (Wildman–Crippen MR) is 138 cm³/mol. The van der Waals surface area contributed by atoms with Gasteiger partial charge in [-0.05, 0) is 62.4 Å². The van der Waals surface area contributed by atoms with E-state index in [2.05, 4.69) is 120 Å². The predicted octanol–water partition coefficient (Wildman–Crippen LogP) is 7.95. The van der Waals surface area contributed by atoms with E-state index in [-0.39, 0.29) is 20.1 Å². The SMILES string of the molecule is [Ir].[c-]1cc2c3ccccc3n(-c3ccccc3)c2cc1-c1nccc2c1ccc1ccccc12. The maximum Gasteiger partial charge on any atom is 0.0444 e. The number of benzene rings is 5. The van der Waals surface area contributed by atoms with Crippen LogP contribution in [0.1, 0.15) is 0 Å². The fourth-order valence-electron chi connectivity index (χ4n) is 5.05. The molecular formula is C31H19IrN2-. The molecule has 0 aliphatic rings. The van der Waals surface area contributed by atoms with Gasteiger partial charge in [-0.1, -0.05) is 78.2 Å². The first-order valence-corrected chi connectivity index (χ1v) is 11.2. The van der Waals surface area contributed by atoms with Crippen LogP contribution in [-0.4, -0.2) is 9.55 Å². The van der Waals surface area contributed by atoms with Gasteiger partial charge in [0.25, 0.3) is 0 Å². The van der Waals surface area contributed by atoms with Gasteiger partial charge in [-0.25, -0.2) is 0 Å². The average molecular weight is 612 g/mol. The Morgan fingerprint density at radius 3 is 2.24 bits per heavy atom. The van der Waals surface area contributed by atoms with Crippen molar-refractivity contribution in [2.24, 2.45) is 0 Å². The van der Waals surface area contributed by atoms with Gasteiger partial charge in [0.1, 0.15) is 0 Å². The molecular weight excluding hydrogens is 593 g/mol. The van der Waals surface area contributed by atoms with Gasteiger partial charge in [0.2, 0.25) is 0 Å². The molecule has 0 atom stereocenters. The normalized spacial score (nSPS) is 11.3. The minimum absolute atomic E-state index is 0. The monoisotopic (exact) mass is 612 g/mol. The summed E-state index contributed by atoms with van der Waals surface area (Å²) in [5.41, 5.74) is 5.47. The number of nitrogens with zero attached hydrogens (tertiary/aromatic N) is 2. The molecule has 7 rings (SSSR count). The molecule has 0 aliphatic carbocycles. The van der Waals surface area contributed by atoms with Crippen molar-refractivity contribution in [2.75, 3.05) is 0 Å². The first kappa shape index (κ1) is 20.8. The summed E-state index contributed by atoms with van der Waals surface area (Å²) in [6.07, 6.45) is 1.91. The van der Waals surface area contributed by atoms with Crippen molar-refractivity contribution in [1.82, 2.24) is 9.55 Å². The quantitative estimate of drug-likeness (QED) is 0.143. The molecule has 2 aromatic heterocycles. The van der Waals surface area contributed by atoms with Crippen LogP contribution < -0.4 is 0 Å². The van der Waals surface area contributed by atoms with Crippen LogP contribution in [0.4, 0.5) is 0 Å². The standard InChI is InChI=1S/C31H19N2.Ir/c1-2-9-23(10-3-1)33-29-13-7-6-12-26(29)27-16-15-22(20-30(27)33)31-28-17-14-21-8-4-5-11-24(21)25(28)18-19-32-31;/h1-14,16-20H;/q-1;. The van der Waals surface area contributed by atoms with Gasteiger partial charge < -0.3 is 9.55 Å². The van der Waals surface area contributed by atoms with Crippen molar-refractivity contribution < 1.29 is 20.1 Å². The Balaban J connectivity index is 0.00000217. The van der Waals surface area contributed by atoms with Crippen molar-refractivity contribution in [1.29, 1.82) is 0 Å². The zero-order valence-electron chi connectivity index (χ0n) is 18.2. The summed E-state index contributed by atoms with van der Waals surface area (Å²) in [6.45, 7) is 0. The van der Waals surface area contributed by atoms with E-state index in [4.69, 9.17) is 4.98 Å². The summed E-state index contributed by atoms with van der Waals surface area (Å²) in [7, 11) is 0. The maximum absolute atomic E-state index is 4.81. The molecule has 0 saturated heterocycles. The van der Waals surface area contributed by atoms with E-state index < -0.39 is 0 Å². The fourth-order valence-corrected chi connectivity index (χ4v) is 5.05. The summed E-state index contributed by atoms with van der Waals surface area (Å²) < 4.78 is 2.34. The van der Waals surface area contributed by atoms with E-state index in [1.54, 1.807) is 0 Å². The van der Waals surface area contributed by atoms with Gasteiger partial charge in [-0.3, -0.25) is 0 Å². The molecule has 34 heavy (non-hydrogen) atoms. The molecule has 7 aromatic rings. The fraction of sp³-hybridized carbons (Fsp3) is 0. The zero-order chi connectivity index (χ0) is 21.8. The smallest absolute Gasteiger partial charge is 0.0444 e. The van der Waals surface area contributed by atoms with Crippen LogP contribution in [0, 0.1) is 6.07 Å². The Bertz CT molecular complexity index is 1820. The molecule has 0 bridgehead atoms. The summed E-state index contributed by atoms with van der Waals surface area (Å²) in [5.74, 6) is 0. The van der Waals surface area contributed by atoms with Crippen LogP contribution in [0.25, 0.3) is 60.3 Å². The summed E-state index contributed by atoms with van der Waals surface area (Å²) in [5, 5.41) is 7.29. The number of pyridine rings is 1. The topological polar surface area (TPSA) is 17.8 Å². The van der Waals surface area contributed by atoms with Crippen LogP contribution in [-0.2, 0) is 20.1 Å². The number of rotatable bonds is 2. The minimum atomic E-state index is 0. The Morgan fingerprint density at radius 1 is 0.588 bits per heavy atom. The zero-order valence-corrected chi connectivity index (χ0v) is 20.6. The molecule has 0 saturated carbocycles. The second kappa shape index (κ2) is 8.22. The molecule has 0 N–H and O–H groups in total. The van der Waals surface area contributed by atoms with E-state index in [1.807, 2.05) is 6.20 Å². The third-order valence-electron chi connectivity index (χ3n) is 6.55. The van der Waals surface area contributed by atoms with E-state index in [1.165, 1.54) is 32.4 Å². The molecule has 1 radical (unpaired) electrons. The number of fused-ring (bicyclic) bond motifs is 6. The van der Waals surface area contributed by atoms with E-state index in [0.717, 1.165) is 27.8 Å². The third kappa shape index (κ3) is 3.09. The van der Waals surface area contributed by atoms with Crippen LogP contribution >= 0.6 is 0 Å². The summed E-state index contributed by atoms with van der Waals surface area (Å²) >= 11 is 0. The third-order valence-corrected chi connectivity index (χ3v) is 6.55. The molecule has 5 aromatic carbocycles. The van der Waals surface area contributed by atoms with E-state index in [0.29, 0.717) is 0 Å². The Labute approximate surface area is 210 Å². The Hall–Kier alpha value is -3.78. The minimum Gasteiger partial charge on any atom is -0.328 e. The van der Waals surface area contributed by atoms with E-state index >= 15 is 0 Å². The molecule has 0 aliphatic heterocycles. The molecule has 0 spiro atoms. The van der Waals surface area contributed by atoms with Gasteiger partial charge in [-0.2, -0.15) is 0 Å². The van der Waals surface area contributed by atoms with Gasteiger partial charge in [0.05, 0.1) is 0 Å². The van der Waals surface area contributed by atoms with Gasteiger partial charge in [0.15, 0.2) is 0 Å². The maximum atomic E-state index is 4.81. The average Bonchev–Trinajstić information content (AvgIpc) is 3.22. The van der Waals surface area contributed by atoms with Crippen molar-refractivity contribution in [3.8, 4) is 16.9 Å². The first-order valence-electron chi connectivity index (χ1n) is 11.2. The number of aromatic nitrogens is 2. The Morgan fingerprint density at radius 2 is 1.35 bits per heavy atom. The molecule has 3 heteroatoms. The van der Waals surface area contributed by atoms with Crippen LogP contribution in [0.3, 0.4) is 0 Å².